The Kier molecular flexibility index (Phi) is 2.23. The van der Waals surface area contributed by atoms with Gasteiger partial charge in [-0.15, -0.1) is 0 Å². The summed E-state index contributed by atoms with van der Waals surface area (Å²) >= 11 is 0. The zero-order chi connectivity index (χ0) is 10.4. The molecular formula is C12H19NO2. The van der Waals surface area contributed by atoms with Crippen molar-refractivity contribution in [1.29, 1.82) is 0 Å². The molecule has 3 rings (SSSR count). The maximum absolute atomic E-state index is 11.3. The van der Waals surface area contributed by atoms with Gasteiger partial charge in [-0.05, 0) is 51.0 Å². The van der Waals surface area contributed by atoms with Crippen molar-refractivity contribution >= 4 is 5.97 Å². The van der Waals surface area contributed by atoms with Crippen LogP contribution in [0.5, 0.6) is 0 Å². The average molecular weight is 209 g/mol. The molecule has 3 fully saturated rings. The van der Waals surface area contributed by atoms with Crippen LogP contribution in [0, 0.1) is 11.8 Å². The summed E-state index contributed by atoms with van der Waals surface area (Å²) in [6.45, 7) is 1.15. The van der Waals surface area contributed by atoms with Crippen LogP contribution in [0.1, 0.15) is 38.5 Å². The molecule has 15 heavy (non-hydrogen) atoms. The summed E-state index contributed by atoms with van der Waals surface area (Å²) in [4.78, 5) is 13.8. The van der Waals surface area contributed by atoms with E-state index in [1.807, 2.05) is 0 Å². The van der Waals surface area contributed by atoms with Crippen LogP contribution >= 0.6 is 0 Å². The highest BCUT2D eigenvalue weighted by Crippen LogP contribution is 2.45. The monoisotopic (exact) mass is 209 g/mol. The molecule has 1 saturated heterocycles. The third kappa shape index (κ3) is 1.78. The molecule has 84 valence electrons. The predicted octanol–water partition coefficient (Wildman–Crippen LogP) is 1.72. The number of aliphatic carboxylic acids is 1. The van der Waals surface area contributed by atoms with E-state index in [1.54, 1.807) is 0 Å². The Balaban J connectivity index is 1.78. The van der Waals surface area contributed by atoms with Crippen LogP contribution in [0.15, 0.2) is 0 Å². The lowest BCUT2D eigenvalue weighted by Crippen LogP contribution is -2.50. The zero-order valence-corrected chi connectivity index (χ0v) is 9.06. The third-order valence-corrected chi connectivity index (χ3v) is 4.16. The quantitative estimate of drug-likeness (QED) is 0.769. The number of hydrogen-bond acceptors (Lipinski definition) is 2. The van der Waals surface area contributed by atoms with Crippen LogP contribution in [-0.2, 0) is 4.79 Å². The number of carboxylic acids is 1. The molecule has 0 aromatic heterocycles. The lowest BCUT2D eigenvalue weighted by Gasteiger charge is -2.40. The maximum Gasteiger partial charge on any atom is 0.308 e. The minimum absolute atomic E-state index is 0.0770. The fourth-order valence-electron chi connectivity index (χ4n) is 3.18. The molecule has 1 heterocycles. The van der Waals surface area contributed by atoms with E-state index in [1.165, 1.54) is 25.7 Å². The largest absolute Gasteiger partial charge is 0.481 e. The van der Waals surface area contributed by atoms with E-state index >= 15 is 0 Å². The molecular weight excluding hydrogens is 190 g/mol. The van der Waals surface area contributed by atoms with E-state index in [9.17, 15) is 9.90 Å². The predicted molar refractivity (Wildman–Crippen MR) is 56.6 cm³/mol. The molecule has 0 spiro atoms. The van der Waals surface area contributed by atoms with Gasteiger partial charge in [-0.2, -0.15) is 0 Å². The molecule has 2 saturated carbocycles. The number of rotatable bonds is 3. The van der Waals surface area contributed by atoms with E-state index in [2.05, 4.69) is 4.90 Å². The smallest absolute Gasteiger partial charge is 0.308 e. The summed E-state index contributed by atoms with van der Waals surface area (Å²) in [6.07, 6.45) is 7.11. The fraction of sp³-hybridized carbons (Fsp3) is 0.917. The summed E-state index contributed by atoms with van der Waals surface area (Å²) in [6, 6.07) is 1.11. The second kappa shape index (κ2) is 3.48. The van der Waals surface area contributed by atoms with Crippen molar-refractivity contribution < 1.29 is 9.90 Å². The van der Waals surface area contributed by atoms with Crippen molar-refractivity contribution in [3.8, 4) is 0 Å². The van der Waals surface area contributed by atoms with Gasteiger partial charge in [0.2, 0.25) is 0 Å². The van der Waals surface area contributed by atoms with Crippen LogP contribution in [0.4, 0.5) is 0 Å². The van der Waals surface area contributed by atoms with Crippen molar-refractivity contribution in [2.45, 2.75) is 50.6 Å². The summed E-state index contributed by atoms with van der Waals surface area (Å²) < 4.78 is 0. The number of nitrogens with zero attached hydrogens (tertiary/aromatic N) is 1. The van der Waals surface area contributed by atoms with E-state index in [-0.39, 0.29) is 5.92 Å². The number of likely N-dealkylation sites (tertiary alicyclic amines) is 1. The molecule has 2 atom stereocenters. The van der Waals surface area contributed by atoms with E-state index in [4.69, 9.17) is 0 Å². The Hall–Kier alpha value is -0.570. The van der Waals surface area contributed by atoms with E-state index in [0.29, 0.717) is 12.0 Å². The third-order valence-electron chi connectivity index (χ3n) is 4.16. The van der Waals surface area contributed by atoms with Crippen molar-refractivity contribution in [3.05, 3.63) is 0 Å². The van der Waals surface area contributed by atoms with Gasteiger partial charge in [0.05, 0.1) is 5.92 Å². The van der Waals surface area contributed by atoms with Crippen LogP contribution in [0.3, 0.4) is 0 Å². The van der Waals surface area contributed by atoms with Crippen molar-refractivity contribution in [1.82, 2.24) is 4.90 Å². The molecule has 0 aromatic carbocycles. The van der Waals surface area contributed by atoms with E-state index < -0.39 is 5.97 Å². The number of carboxylic acid groups (broad SMARTS) is 1. The number of carbonyl (C=O) groups is 1. The molecule has 3 heteroatoms. The summed E-state index contributed by atoms with van der Waals surface area (Å²) in [5, 5.41) is 9.28. The molecule has 0 amide bonds. The Labute approximate surface area is 90.5 Å². The lowest BCUT2D eigenvalue weighted by molar-refractivity contribution is -0.146. The molecule has 0 bridgehead atoms. The van der Waals surface area contributed by atoms with Gasteiger partial charge < -0.3 is 5.11 Å². The Morgan fingerprint density at radius 3 is 2.40 bits per heavy atom. The summed E-state index contributed by atoms with van der Waals surface area (Å²) in [5.74, 6) is 0.0658. The Morgan fingerprint density at radius 2 is 1.87 bits per heavy atom. The minimum Gasteiger partial charge on any atom is -0.481 e. The molecule has 0 aromatic rings. The molecule has 3 nitrogen and oxygen atoms in total. The van der Waals surface area contributed by atoms with Gasteiger partial charge in [0, 0.05) is 12.1 Å². The first kappa shape index (κ1) is 9.64. The molecule has 3 aliphatic rings. The van der Waals surface area contributed by atoms with Crippen LogP contribution in [-0.4, -0.2) is 34.6 Å². The van der Waals surface area contributed by atoms with Crippen LogP contribution in [0.2, 0.25) is 0 Å². The SMILES string of the molecule is O=C(O)[C@H]1CCCN(C2CC2)[C@@H]1C1CC1. The van der Waals surface area contributed by atoms with Gasteiger partial charge in [-0.1, -0.05) is 0 Å². The first-order valence-electron chi connectivity index (χ1n) is 6.26. The molecule has 1 aliphatic heterocycles. The minimum atomic E-state index is -0.558. The van der Waals surface area contributed by atoms with Gasteiger partial charge >= 0.3 is 5.97 Å². The Morgan fingerprint density at radius 1 is 1.13 bits per heavy atom. The van der Waals surface area contributed by atoms with Gasteiger partial charge in [0.15, 0.2) is 0 Å². The van der Waals surface area contributed by atoms with Crippen molar-refractivity contribution in [2.24, 2.45) is 11.8 Å². The van der Waals surface area contributed by atoms with Gasteiger partial charge in [-0.3, -0.25) is 9.69 Å². The summed E-state index contributed by atoms with van der Waals surface area (Å²) in [5.41, 5.74) is 0. The van der Waals surface area contributed by atoms with E-state index in [0.717, 1.165) is 25.4 Å². The lowest BCUT2D eigenvalue weighted by atomic mass is 9.86. The number of piperidine rings is 1. The second-order valence-electron chi connectivity index (χ2n) is 5.38. The first-order valence-corrected chi connectivity index (χ1v) is 6.26. The standard InChI is InChI=1S/C12H19NO2/c14-12(15)10-2-1-7-13(9-5-6-9)11(10)8-3-4-8/h8-11H,1-7H2,(H,14,15)/t10-,11+/m0/s1. The highest BCUT2D eigenvalue weighted by Gasteiger charge is 2.48. The van der Waals surface area contributed by atoms with Crippen LogP contribution < -0.4 is 0 Å². The van der Waals surface area contributed by atoms with Crippen molar-refractivity contribution in [3.63, 3.8) is 0 Å². The van der Waals surface area contributed by atoms with Gasteiger partial charge in [-0.25, -0.2) is 0 Å². The Bertz CT molecular complexity index is 271. The first-order chi connectivity index (χ1) is 7.27. The maximum atomic E-state index is 11.3. The summed E-state index contributed by atoms with van der Waals surface area (Å²) in [7, 11) is 0. The van der Waals surface area contributed by atoms with Gasteiger partial charge in [0.25, 0.3) is 0 Å². The molecule has 0 unspecified atom stereocenters. The molecule has 0 radical (unpaired) electrons. The average Bonchev–Trinajstić information content (AvgIpc) is 3.08. The zero-order valence-electron chi connectivity index (χ0n) is 9.06. The highest BCUT2D eigenvalue weighted by molar-refractivity contribution is 5.71. The molecule has 1 N–H and O–H groups in total. The van der Waals surface area contributed by atoms with Crippen LogP contribution in [0.25, 0.3) is 0 Å². The normalized spacial score (nSPS) is 37.9. The highest BCUT2D eigenvalue weighted by atomic mass is 16.4. The second-order valence-corrected chi connectivity index (χ2v) is 5.38. The topological polar surface area (TPSA) is 40.5 Å². The van der Waals surface area contributed by atoms with Crippen molar-refractivity contribution in [2.75, 3.05) is 6.54 Å². The van der Waals surface area contributed by atoms with Gasteiger partial charge in [0.1, 0.15) is 0 Å². The fourth-order valence-corrected chi connectivity index (χ4v) is 3.18. The molecule has 2 aliphatic carbocycles. The number of hydrogen-bond donors (Lipinski definition) is 1.